The summed E-state index contributed by atoms with van der Waals surface area (Å²) in [5.41, 5.74) is 0.988. The summed E-state index contributed by atoms with van der Waals surface area (Å²) in [6, 6.07) is 19.9. The number of aromatic hydroxyl groups is 2. The smallest absolute Gasteiger partial charge is 0.295 e. The molecule has 0 atom stereocenters. The molecule has 0 saturated heterocycles. The molecule has 8 N–H and O–H groups in total. The van der Waals surface area contributed by atoms with Crippen molar-refractivity contribution in [1.29, 1.82) is 0 Å². The molecule has 6 aromatic rings. The van der Waals surface area contributed by atoms with E-state index in [1.165, 1.54) is 60.7 Å². The Balaban J connectivity index is 1.25. The minimum absolute atomic E-state index is 0.00247. The van der Waals surface area contributed by atoms with Crippen molar-refractivity contribution in [2.45, 2.75) is 9.79 Å². The van der Waals surface area contributed by atoms with Gasteiger partial charge in [0.1, 0.15) is 21.3 Å². The van der Waals surface area contributed by atoms with Crippen molar-refractivity contribution in [3.8, 4) is 11.5 Å². The van der Waals surface area contributed by atoms with Gasteiger partial charge in [0, 0.05) is 34.9 Å². The predicted octanol–water partition coefficient (Wildman–Crippen LogP) is 6.41. The van der Waals surface area contributed by atoms with Crippen LogP contribution in [0.2, 0.25) is 10.6 Å². The number of aromatic nitrogens is 6. The van der Waals surface area contributed by atoms with Crippen LogP contribution in [0.15, 0.2) is 94.7 Å². The van der Waals surface area contributed by atoms with Crippen LogP contribution in [-0.4, -0.2) is 66.1 Å². The maximum Gasteiger partial charge on any atom is 0.295 e. The summed E-state index contributed by atoms with van der Waals surface area (Å²) in [7, 11) is -9.71. The number of hydrogen-bond acceptors (Lipinski definition) is 16. The average molecular weight is 812 g/mol. The molecular formula is C32H24Cl2N10O8S2. The second-order valence-electron chi connectivity index (χ2n) is 10.9. The monoisotopic (exact) mass is 810 g/mol. The molecule has 0 saturated carbocycles. The lowest BCUT2D eigenvalue weighted by Gasteiger charge is -2.11. The molecule has 22 heteroatoms. The van der Waals surface area contributed by atoms with E-state index in [0.717, 1.165) is 12.1 Å². The van der Waals surface area contributed by atoms with Gasteiger partial charge in [-0.1, -0.05) is 36.4 Å². The van der Waals surface area contributed by atoms with E-state index in [1.54, 1.807) is 24.3 Å². The number of nitrogens with zero attached hydrogens (tertiary/aromatic N) is 6. The topological polar surface area (TPSA) is 275 Å². The van der Waals surface area contributed by atoms with E-state index >= 15 is 0 Å². The number of phenolic OH excluding ortho intramolecular Hbond substituents is 2. The quantitative estimate of drug-likeness (QED) is 0.0489. The first kappa shape index (κ1) is 37.6. The van der Waals surface area contributed by atoms with E-state index in [9.17, 15) is 36.2 Å². The van der Waals surface area contributed by atoms with Crippen molar-refractivity contribution in [2.75, 3.05) is 21.3 Å². The summed E-state index contributed by atoms with van der Waals surface area (Å²) in [5, 5.41) is 30.3. The van der Waals surface area contributed by atoms with E-state index in [4.69, 9.17) is 23.2 Å². The Morgan fingerprint density at radius 2 is 0.815 bits per heavy atom. The molecule has 2 heterocycles. The largest absolute Gasteiger partial charge is 0.508 e. The SMILES string of the molecule is O=S(=O)(O)c1cc(Nc2nc(Cl)nc(Nc3cccc(O)c3)n2)ccc1/C=C/c1ccc(Nc2nc(Cl)nc(Nc3cccc(O)c3)n2)cc1S(=O)(=O)O. The van der Waals surface area contributed by atoms with Gasteiger partial charge in [0.05, 0.1) is 0 Å². The van der Waals surface area contributed by atoms with Crippen molar-refractivity contribution in [3.05, 3.63) is 107 Å². The third-order valence-electron chi connectivity index (χ3n) is 6.96. The summed E-state index contributed by atoms with van der Waals surface area (Å²) < 4.78 is 69.9. The number of rotatable bonds is 12. The molecule has 276 valence electrons. The highest BCUT2D eigenvalue weighted by molar-refractivity contribution is 7.86. The Hall–Kier alpha value is -6.16. The van der Waals surface area contributed by atoms with Gasteiger partial charge >= 0.3 is 0 Å². The molecule has 0 aliphatic rings. The normalized spacial score (nSPS) is 11.7. The van der Waals surface area contributed by atoms with Gasteiger partial charge in [-0.2, -0.15) is 46.7 Å². The van der Waals surface area contributed by atoms with E-state index in [-0.39, 0.29) is 68.4 Å². The van der Waals surface area contributed by atoms with Gasteiger partial charge < -0.3 is 31.5 Å². The van der Waals surface area contributed by atoms with Gasteiger partial charge in [0.15, 0.2) is 0 Å². The number of benzene rings is 4. The van der Waals surface area contributed by atoms with Gasteiger partial charge in [-0.25, -0.2) is 0 Å². The van der Waals surface area contributed by atoms with Crippen LogP contribution >= 0.6 is 23.2 Å². The third-order valence-corrected chi connectivity index (χ3v) is 9.12. The van der Waals surface area contributed by atoms with E-state index in [0.29, 0.717) is 11.4 Å². The van der Waals surface area contributed by atoms with Gasteiger partial charge in [0.2, 0.25) is 34.4 Å². The number of halogens is 2. The van der Waals surface area contributed by atoms with E-state index < -0.39 is 30.0 Å². The molecule has 0 unspecified atom stereocenters. The predicted molar refractivity (Wildman–Crippen MR) is 200 cm³/mol. The Morgan fingerprint density at radius 1 is 0.481 bits per heavy atom. The maximum atomic E-state index is 12.4. The summed E-state index contributed by atoms with van der Waals surface area (Å²) in [4.78, 5) is 23.1. The second-order valence-corrected chi connectivity index (χ2v) is 14.3. The van der Waals surface area contributed by atoms with Crippen molar-refractivity contribution in [2.24, 2.45) is 0 Å². The van der Waals surface area contributed by atoms with Crippen LogP contribution < -0.4 is 21.3 Å². The molecule has 0 aliphatic heterocycles. The zero-order valence-corrected chi connectivity index (χ0v) is 30.1. The van der Waals surface area contributed by atoms with E-state index in [1.807, 2.05) is 0 Å². The maximum absolute atomic E-state index is 12.4. The Labute approximate surface area is 316 Å². The molecule has 0 amide bonds. The van der Waals surface area contributed by atoms with Gasteiger partial charge in [0.25, 0.3) is 20.2 Å². The van der Waals surface area contributed by atoms with Crippen LogP contribution in [0.25, 0.3) is 12.2 Å². The molecule has 4 aromatic carbocycles. The first-order valence-corrected chi connectivity index (χ1v) is 18.6. The number of phenols is 2. The third kappa shape index (κ3) is 9.83. The lowest BCUT2D eigenvalue weighted by atomic mass is 10.1. The average Bonchev–Trinajstić information content (AvgIpc) is 3.07. The molecule has 2 aromatic heterocycles. The zero-order valence-electron chi connectivity index (χ0n) is 26.9. The summed E-state index contributed by atoms with van der Waals surface area (Å²) in [6.07, 6.45) is 2.43. The highest BCUT2D eigenvalue weighted by atomic mass is 35.5. The second kappa shape index (κ2) is 15.4. The number of hydrogen-bond donors (Lipinski definition) is 8. The van der Waals surface area contributed by atoms with Crippen molar-refractivity contribution >= 4 is 102 Å². The molecule has 6 rings (SSSR count). The van der Waals surface area contributed by atoms with Crippen LogP contribution in [0, 0.1) is 0 Å². The van der Waals surface area contributed by atoms with Crippen LogP contribution in [0.3, 0.4) is 0 Å². The molecule has 0 radical (unpaired) electrons. The molecular weight excluding hydrogens is 787 g/mol. The fraction of sp³-hybridized carbons (Fsp3) is 0. The van der Waals surface area contributed by atoms with Gasteiger partial charge in [-0.15, -0.1) is 0 Å². The molecule has 0 bridgehead atoms. The lowest BCUT2D eigenvalue weighted by molar-refractivity contribution is 0.475. The molecule has 18 nitrogen and oxygen atoms in total. The van der Waals surface area contributed by atoms with Crippen LogP contribution in [0.5, 0.6) is 11.5 Å². The minimum Gasteiger partial charge on any atom is -0.508 e. The van der Waals surface area contributed by atoms with Crippen LogP contribution in [0.1, 0.15) is 11.1 Å². The van der Waals surface area contributed by atoms with Gasteiger partial charge in [-0.05, 0) is 82.9 Å². The first-order valence-electron chi connectivity index (χ1n) is 15.0. The summed E-state index contributed by atoms with van der Waals surface area (Å²) >= 11 is 12.1. The summed E-state index contributed by atoms with van der Waals surface area (Å²) in [6.45, 7) is 0. The Morgan fingerprint density at radius 3 is 1.13 bits per heavy atom. The fourth-order valence-electron chi connectivity index (χ4n) is 4.73. The molecule has 0 fully saturated rings. The minimum atomic E-state index is -4.85. The number of nitrogens with one attached hydrogen (secondary N) is 4. The number of anilines is 8. The Bertz CT molecular complexity index is 2470. The zero-order chi connectivity index (χ0) is 38.6. The van der Waals surface area contributed by atoms with Crippen LogP contribution in [-0.2, 0) is 20.2 Å². The Kier molecular flexibility index (Phi) is 10.7. The highest BCUT2D eigenvalue weighted by Gasteiger charge is 2.19. The lowest BCUT2D eigenvalue weighted by Crippen LogP contribution is -2.06. The fourth-order valence-corrected chi connectivity index (χ4v) is 6.47. The molecule has 54 heavy (non-hydrogen) atoms. The molecule has 0 spiro atoms. The standard InChI is InChI=1S/C32H24Cl2N10O8S2/c33-27-39-29(35-19-3-1-5-23(45)13-19)43-31(41-27)37-21-11-9-17(25(15-21)53(47,48)49)7-8-18-10-12-22(16-26(18)54(50,51)52)38-32-42-28(34)40-30(44-32)36-20-4-2-6-24(46)14-20/h1-16,45-46H,(H,47,48,49)(H,50,51,52)(H2,35,37,39,41,43)(H2,36,38,40,42,44)/b8-7+. The van der Waals surface area contributed by atoms with Crippen molar-refractivity contribution in [1.82, 2.24) is 29.9 Å². The first-order chi connectivity index (χ1) is 25.6. The summed E-state index contributed by atoms with van der Waals surface area (Å²) in [5.74, 6) is -0.221. The molecule has 0 aliphatic carbocycles. The highest BCUT2D eigenvalue weighted by Crippen LogP contribution is 2.29. The van der Waals surface area contributed by atoms with Crippen LogP contribution in [0.4, 0.5) is 46.5 Å². The van der Waals surface area contributed by atoms with Gasteiger partial charge in [-0.3, -0.25) is 9.11 Å². The van der Waals surface area contributed by atoms with Crippen molar-refractivity contribution in [3.63, 3.8) is 0 Å². The van der Waals surface area contributed by atoms with E-state index in [2.05, 4.69) is 51.2 Å². The van der Waals surface area contributed by atoms with Crippen molar-refractivity contribution < 1.29 is 36.2 Å².